The first-order valence-corrected chi connectivity index (χ1v) is 5.74. The molecule has 92 valence electrons. The minimum Gasteiger partial charge on any atom is -0.436 e. The molecule has 0 fully saturated rings. The zero-order valence-electron chi connectivity index (χ0n) is 9.06. The lowest BCUT2D eigenvalue weighted by molar-refractivity contribution is 0.1000. The van der Waals surface area contributed by atoms with Gasteiger partial charge in [0.2, 0.25) is 11.8 Å². The Morgan fingerprint density at radius 1 is 1.33 bits per heavy atom. The Morgan fingerprint density at radius 2 is 2.11 bits per heavy atom. The molecular formula is C12H8BrFN2O2. The molecule has 0 saturated heterocycles. The van der Waals surface area contributed by atoms with Crippen LogP contribution in [0, 0.1) is 5.82 Å². The van der Waals surface area contributed by atoms with Crippen molar-refractivity contribution in [2.24, 2.45) is 5.73 Å². The molecule has 0 bridgehead atoms. The summed E-state index contributed by atoms with van der Waals surface area (Å²) < 4.78 is 19.4. The number of nitrogens with two attached hydrogens (primary N) is 1. The van der Waals surface area contributed by atoms with Gasteiger partial charge in [-0.15, -0.1) is 0 Å². The molecule has 0 radical (unpaired) electrons. The van der Waals surface area contributed by atoms with Gasteiger partial charge in [-0.25, -0.2) is 9.37 Å². The summed E-state index contributed by atoms with van der Waals surface area (Å²) in [6, 6.07) is 7.08. The number of hydrogen-bond acceptors (Lipinski definition) is 3. The molecule has 0 aliphatic rings. The lowest BCUT2D eigenvalue weighted by Gasteiger charge is -2.06. The predicted octanol–water partition coefficient (Wildman–Crippen LogP) is 2.87. The number of rotatable bonds is 3. The van der Waals surface area contributed by atoms with Crippen molar-refractivity contribution in [3.63, 3.8) is 0 Å². The third-order valence-corrected chi connectivity index (χ3v) is 2.62. The number of carbonyl (C=O) groups excluding carboxylic acids is 1. The highest BCUT2D eigenvalue weighted by Gasteiger charge is 2.08. The van der Waals surface area contributed by atoms with Crippen LogP contribution in [-0.2, 0) is 0 Å². The van der Waals surface area contributed by atoms with Crippen LogP contribution in [0.4, 0.5) is 4.39 Å². The van der Waals surface area contributed by atoms with Crippen molar-refractivity contribution in [1.29, 1.82) is 0 Å². The van der Waals surface area contributed by atoms with E-state index in [9.17, 15) is 9.18 Å². The van der Waals surface area contributed by atoms with Gasteiger partial charge < -0.3 is 10.5 Å². The van der Waals surface area contributed by atoms with Crippen molar-refractivity contribution >= 4 is 21.8 Å². The van der Waals surface area contributed by atoms with Crippen molar-refractivity contribution in [2.75, 3.05) is 0 Å². The molecule has 2 N–H and O–H groups in total. The van der Waals surface area contributed by atoms with Crippen molar-refractivity contribution in [1.82, 2.24) is 4.98 Å². The van der Waals surface area contributed by atoms with E-state index in [-0.39, 0.29) is 17.2 Å². The zero-order valence-corrected chi connectivity index (χ0v) is 10.6. The lowest BCUT2D eigenvalue weighted by Crippen LogP contribution is -2.10. The van der Waals surface area contributed by atoms with Crippen LogP contribution in [0.3, 0.4) is 0 Å². The van der Waals surface area contributed by atoms with Crippen LogP contribution in [0.25, 0.3) is 0 Å². The molecule has 0 aliphatic carbocycles. The molecule has 2 aromatic rings. The van der Waals surface area contributed by atoms with Crippen molar-refractivity contribution in [3.05, 3.63) is 52.4 Å². The summed E-state index contributed by atoms with van der Waals surface area (Å²) in [4.78, 5) is 14.9. The first-order valence-electron chi connectivity index (χ1n) is 4.95. The fourth-order valence-corrected chi connectivity index (χ4v) is 1.63. The molecule has 1 amide bonds. The van der Waals surface area contributed by atoms with Crippen LogP contribution in [0.2, 0.25) is 0 Å². The minimum atomic E-state index is -0.600. The fourth-order valence-electron chi connectivity index (χ4n) is 1.29. The van der Waals surface area contributed by atoms with Gasteiger partial charge in [-0.1, -0.05) is 15.9 Å². The number of hydrogen-bond donors (Lipinski definition) is 1. The number of carbonyl (C=O) groups is 1. The van der Waals surface area contributed by atoms with Crippen LogP contribution in [0.1, 0.15) is 10.4 Å². The van der Waals surface area contributed by atoms with Gasteiger partial charge in [-0.3, -0.25) is 4.79 Å². The van der Waals surface area contributed by atoms with Gasteiger partial charge in [0.15, 0.2) is 11.6 Å². The number of primary amides is 1. The average molecular weight is 311 g/mol. The van der Waals surface area contributed by atoms with Gasteiger partial charge in [0.1, 0.15) is 0 Å². The SMILES string of the molecule is NC(=O)c1ccnc(Oc2cc(Br)ccc2F)c1. The van der Waals surface area contributed by atoms with Gasteiger partial charge in [-0.05, 0) is 24.3 Å². The summed E-state index contributed by atoms with van der Waals surface area (Å²) in [5.74, 6) is -1.01. The molecule has 1 aromatic heterocycles. The maximum atomic E-state index is 13.4. The smallest absolute Gasteiger partial charge is 0.248 e. The monoisotopic (exact) mass is 310 g/mol. The van der Waals surface area contributed by atoms with Gasteiger partial charge in [0, 0.05) is 22.3 Å². The summed E-state index contributed by atoms with van der Waals surface area (Å²) >= 11 is 3.21. The fraction of sp³-hybridized carbons (Fsp3) is 0. The highest BCUT2D eigenvalue weighted by molar-refractivity contribution is 9.10. The molecule has 0 spiro atoms. The Labute approximate surface area is 111 Å². The van der Waals surface area contributed by atoms with Crippen LogP contribution >= 0.6 is 15.9 Å². The first kappa shape index (κ1) is 12.5. The molecule has 4 nitrogen and oxygen atoms in total. The molecule has 0 unspecified atom stereocenters. The zero-order chi connectivity index (χ0) is 13.1. The van der Waals surface area contributed by atoms with Crippen LogP contribution in [0.5, 0.6) is 11.6 Å². The largest absolute Gasteiger partial charge is 0.436 e. The highest BCUT2D eigenvalue weighted by Crippen LogP contribution is 2.26. The van der Waals surface area contributed by atoms with E-state index >= 15 is 0 Å². The van der Waals surface area contributed by atoms with E-state index < -0.39 is 11.7 Å². The number of amides is 1. The Balaban J connectivity index is 2.31. The second kappa shape index (κ2) is 5.14. The number of halogens is 2. The quantitative estimate of drug-likeness (QED) is 0.948. The summed E-state index contributed by atoms with van der Waals surface area (Å²) in [5, 5.41) is 0. The minimum absolute atomic E-state index is 0.0125. The van der Waals surface area contributed by atoms with Crippen molar-refractivity contribution in [2.45, 2.75) is 0 Å². The predicted molar refractivity (Wildman–Crippen MR) is 66.9 cm³/mol. The number of ether oxygens (including phenoxy) is 1. The summed E-state index contributed by atoms with van der Waals surface area (Å²) in [6.07, 6.45) is 1.37. The first-order chi connectivity index (χ1) is 8.56. The molecule has 0 saturated carbocycles. The van der Waals surface area contributed by atoms with Crippen LogP contribution in [0.15, 0.2) is 41.0 Å². The molecule has 18 heavy (non-hydrogen) atoms. The van der Waals surface area contributed by atoms with Crippen LogP contribution < -0.4 is 10.5 Å². The van der Waals surface area contributed by atoms with Gasteiger partial charge in [-0.2, -0.15) is 0 Å². The Bertz CT molecular complexity index is 604. The van der Waals surface area contributed by atoms with Gasteiger partial charge >= 0.3 is 0 Å². The van der Waals surface area contributed by atoms with Crippen LogP contribution in [-0.4, -0.2) is 10.9 Å². The summed E-state index contributed by atoms with van der Waals surface area (Å²) in [6.45, 7) is 0. The van der Waals surface area contributed by atoms with Crippen molar-refractivity contribution < 1.29 is 13.9 Å². The Morgan fingerprint density at radius 3 is 2.83 bits per heavy atom. The molecule has 0 atom stereocenters. The standard InChI is InChI=1S/C12H8BrFN2O2/c13-8-1-2-9(14)10(6-8)18-11-5-7(12(15)17)3-4-16-11/h1-6H,(H2,15,17). The normalized spacial score (nSPS) is 10.1. The van der Waals surface area contributed by atoms with E-state index in [1.165, 1.54) is 30.5 Å². The van der Waals surface area contributed by atoms with E-state index in [1.807, 2.05) is 0 Å². The Hall–Kier alpha value is -1.95. The highest BCUT2D eigenvalue weighted by atomic mass is 79.9. The third-order valence-electron chi connectivity index (χ3n) is 2.13. The average Bonchev–Trinajstić information content (AvgIpc) is 2.34. The maximum absolute atomic E-state index is 13.4. The molecule has 2 rings (SSSR count). The molecule has 1 heterocycles. The molecular weight excluding hydrogens is 303 g/mol. The van der Waals surface area contributed by atoms with E-state index in [0.717, 1.165) is 0 Å². The van der Waals surface area contributed by atoms with Crippen molar-refractivity contribution in [3.8, 4) is 11.6 Å². The number of nitrogens with zero attached hydrogens (tertiary/aromatic N) is 1. The Kier molecular flexibility index (Phi) is 3.57. The molecule has 0 aliphatic heterocycles. The van der Waals surface area contributed by atoms with Gasteiger partial charge in [0.25, 0.3) is 0 Å². The van der Waals surface area contributed by atoms with E-state index in [0.29, 0.717) is 4.47 Å². The second-order valence-corrected chi connectivity index (χ2v) is 4.34. The second-order valence-electron chi connectivity index (χ2n) is 3.42. The summed E-state index contributed by atoms with van der Waals surface area (Å²) in [7, 11) is 0. The van der Waals surface area contributed by atoms with E-state index in [4.69, 9.17) is 10.5 Å². The maximum Gasteiger partial charge on any atom is 0.248 e. The van der Waals surface area contributed by atoms with E-state index in [2.05, 4.69) is 20.9 Å². The number of benzene rings is 1. The molecule has 6 heteroatoms. The lowest BCUT2D eigenvalue weighted by atomic mass is 10.2. The van der Waals surface area contributed by atoms with Gasteiger partial charge in [0.05, 0.1) is 0 Å². The van der Waals surface area contributed by atoms with E-state index in [1.54, 1.807) is 6.07 Å². The summed E-state index contributed by atoms with van der Waals surface area (Å²) in [5.41, 5.74) is 5.37. The third kappa shape index (κ3) is 2.84. The topological polar surface area (TPSA) is 65.2 Å². The number of pyridine rings is 1. The number of aromatic nitrogens is 1. The molecule has 1 aromatic carbocycles.